The van der Waals surface area contributed by atoms with Crippen LogP contribution < -0.4 is 10.1 Å². The van der Waals surface area contributed by atoms with E-state index in [4.69, 9.17) is 16.3 Å². The van der Waals surface area contributed by atoms with Crippen LogP contribution >= 0.6 is 11.6 Å². The van der Waals surface area contributed by atoms with Crippen LogP contribution in [0.5, 0.6) is 5.88 Å². The molecule has 21 heavy (non-hydrogen) atoms. The molecule has 0 bridgehead atoms. The fourth-order valence-corrected chi connectivity index (χ4v) is 1.92. The molecule has 0 aliphatic rings. The van der Waals surface area contributed by atoms with Crippen molar-refractivity contribution in [1.29, 1.82) is 0 Å². The molecule has 0 saturated carbocycles. The lowest BCUT2D eigenvalue weighted by atomic mass is 10.3. The highest BCUT2D eigenvalue weighted by Gasteiger charge is 2.18. The van der Waals surface area contributed by atoms with Crippen molar-refractivity contribution in [3.05, 3.63) is 41.6 Å². The topological polar surface area (TPSA) is 56.1 Å². The molecule has 1 amide bonds. The maximum absolute atomic E-state index is 11.8. The number of amides is 1. The van der Waals surface area contributed by atoms with Gasteiger partial charge < -0.3 is 10.1 Å². The highest BCUT2D eigenvalue weighted by Crippen LogP contribution is 2.24. The Morgan fingerprint density at radius 1 is 1.43 bits per heavy atom. The van der Waals surface area contributed by atoms with Gasteiger partial charge in [-0.25, -0.2) is 4.68 Å². The van der Waals surface area contributed by atoms with E-state index in [1.54, 1.807) is 17.8 Å². The van der Waals surface area contributed by atoms with Crippen LogP contribution in [0.15, 0.2) is 36.5 Å². The fourth-order valence-electron chi connectivity index (χ4n) is 1.74. The van der Waals surface area contributed by atoms with Gasteiger partial charge in [-0.15, -0.1) is 5.10 Å². The van der Waals surface area contributed by atoms with E-state index in [1.807, 2.05) is 37.3 Å². The fraction of sp³-hybridized carbons (Fsp3) is 0.333. The number of carbonyl (C=O) groups excluding carboxylic acids is 1. The molecule has 1 aromatic carbocycles. The van der Waals surface area contributed by atoms with Crippen molar-refractivity contribution in [3.63, 3.8) is 0 Å². The first-order valence-electron chi connectivity index (χ1n) is 6.86. The Hall–Kier alpha value is -2.01. The van der Waals surface area contributed by atoms with Gasteiger partial charge in [0.1, 0.15) is 5.02 Å². The predicted octanol–water partition coefficient (Wildman–Crippen LogP) is 2.82. The van der Waals surface area contributed by atoms with Crippen molar-refractivity contribution in [3.8, 4) is 11.6 Å². The van der Waals surface area contributed by atoms with Gasteiger partial charge in [-0.3, -0.25) is 4.79 Å². The molecule has 0 saturated heterocycles. The monoisotopic (exact) mass is 307 g/mol. The molecule has 6 heteroatoms. The zero-order chi connectivity index (χ0) is 15.2. The van der Waals surface area contributed by atoms with Gasteiger partial charge in [0.2, 0.25) is 0 Å². The summed E-state index contributed by atoms with van der Waals surface area (Å²) in [7, 11) is 0. The number of hydrogen-bond acceptors (Lipinski definition) is 3. The van der Waals surface area contributed by atoms with Crippen LogP contribution in [0.4, 0.5) is 0 Å². The van der Waals surface area contributed by atoms with Crippen LogP contribution in [0, 0.1) is 0 Å². The van der Waals surface area contributed by atoms with Crippen LogP contribution in [-0.4, -0.2) is 28.3 Å². The van der Waals surface area contributed by atoms with Crippen LogP contribution in [0.25, 0.3) is 5.69 Å². The summed E-state index contributed by atoms with van der Waals surface area (Å²) < 4.78 is 7.15. The zero-order valence-corrected chi connectivity index (χ0v) is 12.8. The Balaban J connectivity index is 2.08. The highest BCUT2D eigenvalue weighted by atomic mass is 35.5. The summed E-state index contributed by atoms with van der Waals surface area (Å²) in [5.41, 5.74) is 0.873. The summed E-state index contributed by atoms with van der Waals surface area (Å²) in [5.74, 6) is 0.0712. The largest absolute Gasteiger partial charge is 0.462 e. The molecule has 1 unspecified atom stereocenters. The van der Waals surface area contributed by atoms with Crippen LogP contribution in [-0.2, 0) is 4.79 Å². The summed E-state index contributed by atoms with van der Waals surface area (Å²) in [6, 6.07) is 9.56. The van der Waals surface area contributed by atoms with Gasteiger partial charge in [-0.05, 0) is 25.5 Å². The number of aromatic nitrogens is 2. The van der Waals surface area contributed by atoms with Gasteiger partial charge in [-0.2, -0.15) is 0 Å². The van der Waals surface area contributed by atoms with Gasteiger partial charge in [0.25, 0.3) is 11.8 Å². The van der Waals surface area contributed by atoms with Crippen molar-refractivity contribution in [2.75, 3.05) is 6.54 Å². The van der Waals surface area contributed by atoms with E-state index in [0.717, 1.165) is 12.1 Å². The molecule has 2 aromatic rings. The summed E-state index contributed by atoms with van der Waals surface area (Å²) in [5, 5.41) is 7.40. The molecule has 2 rings (SSSR count). The molecule has 0 aliphatic heterocycles. The maximum Gasteiger partial charge on any atom is 0.260 e. The van der Waals surface area contributed by atoms with E-state index >= 15 is 0 Å². The molecule has 1 heterocycles. The average molecular weight is 308 g/mol. The van der Waals surface area contributed by atoms with E-state index in [-0.39, 0.29) is 11.8 Å². The Morgan fingerprint density at radius 2 is 2.14 bits per heavy atom. The number of nitrogens with zero attached hydrogens (tertiary/aromatic N) is 2. The standard InChI is InChI=1S/C15H18ClN3O2/c1-3-9-17-14(20)11(2)21-15-13(16)10-19(18-15)12-7-5-4-6-8-12/h4-8,10-11H,3,9H2,1-2H3,(H,17,20). The van der Waals surface area contributed by atoms with E-state index in [0.29, 0.717) is 11.6 Å². The van der Waals surface area contributed by atoms with Crippen LogP contribution in [0.2, 0.25) is 5.02 Å². The van der Waals surface area contributed by atoms with Gasteiger partial charge in [-0.1, -0.05) is 36.7 Å². The minimum atomic E-state index is -0.645. The first kappa shape index (κ1) is 15.4. The van der Waals surface area contributed by atoms with Gasteiger partial charge in [0.05, 0.1) is 11.9 Å². The SMILES string of the molecule is CCCNC(=O)C(C)Oc1nn(-c2ccccc2)cc1Cl. The average Bonchev–Trinajstić information content (AvgIpc) is 2.86. The Bertz CT molecular complexity index is 598. The molecule has 5 nitrogen and oxygen atoms in total. The molecule has 0 radical (unpaired) electrons. The maximum atomic E-state index is 11.8. The first-order valence-corrected chi connectivity index (χ1v) is 7.24. The number of para-hydroxylation sites is 1. The number of hydrogen-bond donors (Lipinski definition) is 1. The van der Waals surface area contributed by atoms with Gasteiger partial charge in [0, 0.05) is 6.54 Å². The lowest BCUT2D eigenvalue weighted by molar-refractivity contribution is -0.127. The third-order valence-electron chi connectivity index (χ3n) is 2.87. The number of rotatable bonds is 6. The number of nitrogens with one attached hydrogen (secondary N) is 1. The molecule has 1 aromatic heterocycles. The minimum Gasteiger partial charge on any atom is -0.462 e. The van der Waals surface area contributed by atoms with E-state index in [9.17, 15) is 4.79 Å². The second kappa shape index (κ2) is 7.13. The number of ether oxygens (including phenoxy) is 1. The van der Waals surface area contributed by atoms with Crippen LogP contribution in [0.3, 0.4) is 0 Å². The molecule has 1 atom stereocenters. The van der Waals surface area contributed by atoms with Gasteiger partial charge >= 0.3 is 0 Å². The summed E-state index contributed by atoms with van der Waals surface area (Å²) in [6.45, 7) is 4.28. The Labute approximate surface area is 128 Å². The van der Waals surface area contributed by atoms with Crippen molar-refractivity contribution in [2.24, 2.45) is 0 Å². The van der Waals surface area contributed by atoms with Crippen molar-refractivity contribution >= 4 is 17.5 Å². The van der Waals surface area contributed by atoms with E-state index in [2.05, 4.69) is 10.4 Å². The minimum absolute atomic E-state index is 0.179. The zero-order valence-electron chi connectivity index (χ0n) is 12.0. The summed E-state index contributed by atoms with van der Waals surface area (Å²) in [4.78, 5) is 11.8. The molecule has 0 fully saturated rings. The number of halogens is 1. The molecular formula is C15H18ClN3O2. The highest BCUT2D eigenvalue weighted by molar-refractivity contribution is 6.31. The number of carbonyl (C=O) groups is 1. The lowest BCUT2D eigenvalue weighted by Crippen LogP contribution is -2.36. The second-order valence-corrected chi connectivity index (χ2v) is 5.02. The molecule has 0 aliphatic carbocycles. The normalized spacial score (nSPS) is 12.0. The van der Waals surface area contributed by atoms with Gasteiger partial charge in [0.15, 0.2) is 6.10 Å². The first-order chi connectivity index (χ1) is 10.1. The van der Waals surface area contributed by atoms with Crippen molar-refractivity contribution in [2.45, 2.75) is 26.4 Å². The van der Waals surface area contributed by atoms with Crippen molar-refractivity contribution < 1.29 is 9.53 Å². The summed E-state index contributed by atoms with van der Waals surface area (Å²) in [6.07, 6.45) is 1.89. The predicted molar refractivity (Wildman–Crippen MR) is 82.0 cm³/mol. The van der Waals surface area contributed by atoms with Crippen molar-refractivity contribution in [1.82, 2.24) is 15.1 Å². The third kappa shape index (κ3) is 3.98. The Kier molecular flexibility index (Phi) is 5.22. The smallest absolute Gasteiger partial charge is 0.260 e. The second-order valence-electron chi connectivity index (χ2n) is 4.61. The molecule has 1 N–H and O–H groups in total. The molecule has 112 valence electrons. The number of benzene rings is 1. The van der Waals surface area contributed by atoms with E-state index in [1.165, 1.54) is 0 Å². The summed E-state index contributed by atoms with van der Waals surface area (Å²) >= 11 is 6.11. The Morgan fingerprint density at radius 3 is 2.81 bits per heavy atom. The third-order valence-corrected chi connectivity index (χ3v) is 3.13. The molecular weight excluding hydrogens is 290 g/mol. The molecule has 0 spiro atoms. The van der Waals surface area contributed by atoms with Crippen LogP contribution in [0.1, 0.15) is 20.3 Å². The quantitative estimate of drug-likeness (QED) is 0.893. The lowest BCUT2D eigenvalue weighted by Gasteiger charge is -2.12. The van der Waals surface area contributed by atoms with E-state index < -0.39 is 6.10 Å².